The van der Waals surface area contributed by atoms with Crippen molar-refractivity contribution in [1.29, 1.82) is 0 Å². The van der Waals surface area contributed by atoms with Gasteiger partial charge >= 0.3 is 0 Å². The van der Waals surface area contributed by atoms with E-state index in [9.17, 15) is 4.39 Å². The van der Waals surface area contributed by atoms with Crippen molar-refractivity contribution in [3.63, 3.8) is 0 Å². The highest BCUT2D eigenvalue weighted by Gasteiger charge is 2.28. The third-order valence-electron chi connectivity index (χ3n) is 3.51. The molecule has 0 saturated carbocycles. The molecule has 0 radical (unpaired) electrons. The second-order valence-electron chi connectivity index (χ2n) is 5.64. The van der Waals surface area contributed by atoms with E-state index in [4.69, 9.17) is 5.73 Å². The second kappa shape index (κ2) is 4.65. The van der Waals surface area contributed by atoms with Gasteiger partial charge in [0.05, 0.1) is 5.69 Å². The van der Waals surface area contributed by atoms with E-state index >= 15 is 0 Å². The number of nitrogens with zero attached hydrogens (tertiary/aromatic N) is 1. The van der Waals surface area contributed by atoms with Gasteiger partial charge in [0.15, 0.2) is 0 Å². The monoisotopic (exact) mass is 236 g/mol. The molecule has 2 rings (SSSR count). The number of rotatable bonds is 2. The van der Waals surface area contributed by atoms with Crippen LogP contribution in [0.5, 0.6) is 0 Å². The lowest BCUT2D eigenvalue weighted by Crippen LogP contribution is -2.41. The maximum atomic E-state index is 14.0. The standard InChI is InChI=1S/C14H21FN2/c1-14(2)7-4-8-17(10-14)13-11(9-16)5-3-6-12(13)15/h3,5-6H,4,7-10,16H2,1-2H3. The van der Waals surface area contributed by atoms with Gasteiger partial charge in [-0.25, -0.2) is 4.39 Å². The first-order valence-electron chi connectivity index (χ1n) is 6.26. The summed E-state index contributed by atoms with van der Waals surface area (Å²) in [5, 5.41) is 0. The highest BCUT2D eigenvalue weighted by atomic mass is 19.1. The van der Waals surface area contributed by atoms with Gasteiger partial charge in [0, 0.05) is 19.6 Å². The summed E-state index contributed by atoms with van der Waals surface area (Å²) in [6.07, 6.45) is 2.32. The minimum atomic E-state index is -0.148. The van der Waals surface area contributed by atoms with Crippen molar-refractivity contribution in [2.45, 2.75) is 33.2 Å². The zero-order valence-electron chi connectivity index (χ0n) is 10.7. The van der Waals surface area contributed by atoms with E-state index in [-0.39, 0.29) is 11.2 Å². The molecule has 0 atom stereocenters. The molecule has 0 aromatic heterocycles. The van der Waals surface area contributed by atoms with Crippen molar-refractivity contribution >= 4 is 5.69 Å². The van der Waals surface area contributed by atoms with Crippen molar-refractivity contribution < 1.29 is 4.39 Å². The van der Waals surface area contributed by atoms with E-state index in [1.165, 1.54) is 12.5 Å². The van der Waals surface area contributed by atoms with Crippen molar-refractivity contribution in [2.75, 3.05) is 18.0 Å². The van der Waals surface area contributed by atoms with Gasteiger partial charge in [-0.1, -0.05) is 26.0 Å². The van der Waals surface area contributed by atoms with E-state index in [1.807, 2.05) is 6.07 Å². The van der Waals surface area contributed by atoms with Crippen LogP contribution in [0.1, 0.15) is 32.3 Å². The summed E-state index contributed by atoms with van der Waals surface area (Å²) < 4.78 is 14.0. The second-order valence-corrected chi connectivity index (χ2v) is 5.64. The highest BCUT2D eigenvalue weighted by molar-refractivity contribution is 5.55. The summed E-state index contributed by atoms with van der Waals surface area (Å²) in [6.45, 7) is 6.70. The van der Waals surface area contributed by atoms with E-state index in [0.29, 0.717) is 12.2 Å². The SMILES string of the molecule is CC1(C)CCCN(c2c(F)cccc2CN)C1. The smallest absolute Gasteiger partial charge is 0.146 e. The number of anilines is 1. The molecule has 3 heteroatoms. The predicted octanol–water partition coefficient (Wildman–Crippen LogP) is 2.91. The summed E-state index contributed by atoms with van der Waals surface area (Å²) in [4.78, 5) is 2.15. The normalized spacial score (nSPS) is 19.4. The van der Waals surface area contributed by atoms with Crippen molar-refractivity contribution in [3.05, 3.63) is 29.6 Å². The summed E-state index contributed by atoms with van der Waals surface area (Å²) in [5.41, 5.74) is 7.57. The molecule has 2 N–H and O–H groups in total. The number of hydrogen-bond acceptors (Lipinski definition) is 2. The molecule has 0 aliphatic carbocycles. The van der Waals surface area contributed by atoms with Gasteiger partial charge in [0.2, 0.25) is 0 Å². The molecule has 1 heterocycles. The topological polar surface area (TPSA) is 29.3 Å². The lowest BCUT2D eigenvalue weighted by molar-refractivity contribution is 0.291. The van der Waals surface area contributed by atoms with Gasteiger partial charge in [-0.3, -0.25) is 0 Å². The molecule has 0 bridgehead atoms. The number of piperidine rings is 1. The Hall–Kier alpha value is -1.09. The minimum Gasteiger partial charge on any atom is -0.368 e. The molecule has 1 aliphatic heterocycles. The molecule has 1 fully saturated rings. The number of nitrogens with two attached hydrogens (primary N) is 1. The quantitative estimate of drug-likeness (QED) is 0.855. The van der Waals surface area contributed by atoms with Gasteiger partial charge < -0.3 is 10.6 Å². The summed E-state index contributed by atoms with van der Waals surface area (Å²) in [6, 6.07) is 5.17. The molecule has 1 aromatic rings. The van der Waals surface area contributed by atoms with Gasteiger partial charge in [-0.2, -0.15) is 0 Å². The first kappa shape index (κ1) is 12.4. The van der Waals surface area contributed by atoms with Gasteiger partial charge in [0.25, 0.3) is 0 Å². The van der Waals surface area contributed by atoms with E-state index in [2.05, 4.69) is 18.7 Å². The third kappa shape index (κ3) is 2.60. The average molecular weight is 236 g/mol. The fourth-order valence-electron chi connectivity index (χ4n) is 2.69. The number of hydrogen-bond donors (Lipinski definition) is 1. The Morgan fingerprint density at radius 1 is 1.41 bits per heavy atom. The van der Waals surface area contributed by atoms with Crippen LogP contribution in [0.2, 0.25) is 0 Å². The van der Waals surface area contributed by atoms with Crippen LogP contribution in [0.3, 0.4) is 0 Å². The first-order valence-corrected chi connectivity index (χ1v) is 6.26. The first-order chi connectivity index (χ1) is 8.03. The Balaban J connectivity index is 2.33. The fourth-order valence-corrected chi connectivity index (χ4v) is 2.69. The van der Waals surface area contributed by atoms with Gasteiger partial charge in [0.1, 0.15) is 5.82 Å². The summed E-state index contributed by atoms with van der Waals surface area (Å²) >= 11 is 0. The molecule has 1 aliphatic rings. The van der Waals surface area contributed by atoms with Crippen LogP contribution < -0.4 is 10.6 Å². The molecular weight excluding hydrogens is 215 g/mol. The predicted molar refractivity (Wildman–Crippen MR) is 69.5 cm³/mol. The number of para-hydroxylation sites is 1. The fraction of sp³-hybridized carbons (Fsp3) is 0.571. The zero-order valence-corrected chi connectivity index (χ0v) is 10.7. The number of benzene rings is 1. The summed E-state index contributed by atoms with van der Waals surface area (Å²) in [5.74, 6) is -0.148. The molecule has 2 nitrogen and oxygen atoms in total. The molecule has 17 heavy (non-hydrogen) atoms. The van der Waals surface area contributed by atoms with Crippen molar-refractivity contribution in [1.82, 2.24) is 0 Å². The molecule has 1 aromatic carbocycles. The maximum Gasteiger partial charge on any atom is 0.146 e. The number of halogens is 1. The van der Waals surface area contributed by atoms with Crippen LogP contribution in [0.25, 0.3) is 0 Å². The van der Waals surface area contributed by atoms with Crippen LogP contribution >= 0.6 is 0 Å². The largest absolute Gasteiger partial charge is 0.368 e. The van der Waals surface area contributed by atoms with Crippen molar-refractivity contribution in [2.24, 2.45) is 11.1 Å². The molecule has 0 amide bonds. The average Bonchev–Trinajstić information content (AvgIpc) is 2.27. The van der Waals surface area contributed by atoms with Gasteiger partial charge in [-0.15, -0.1) is 0 Å². The zero-order chi connectivity index (χ0) is 12.5. The van der Waals surface area contributed by atoms with Crippen LogP contribution in [-0.2, 0) is 6.54 Å². The molecule has 94 valence electrons. The van der Waals surface area contributed by atoms with E-state index < -0.39 is 0 Å². The Morgan fingerprint density at radius 3 is 2.82 bits per heavy atom. The Bertz CT molecular complexity index is 401. The van der Waals surface area contributed by atoms with Gasteiger partial charge in [-0.05, 0) is 29.9 Å². The van der Waals surface area contributed by atoms with E-state index in [1.54, 1.807) is 6.07 Å². The Labute approximate surface area is 103 Å². The molecule has 0 spiro atoms. The Kier molecular flexibility index (Phi) is 3.38. The van der Waals surface area contributed by atoms with Crippen LogP contribution in [-0.4, -0.2) is 13.1 Å². The lowest BCUT2D eigenvalue weighted by Gasteiger charge is -2.40. The maximum absolute atomic E-state index is 14.0. The lowest BCUT2D eigenvalue weighted by atomic mass is 9.84. The summed E-state index contributed by atoms with van der Waals surface area (Å²) in [7, 11) is 0. The van der Waals surface area contributed by atoms with Crippen molar-refractivity contribution in [3.8, 4) is 0 Å². The van der Waals surface area contributed by atoms with E-state index in [0.717, 1.165) is 25.1 Å². The Morgan fingerprint density at radius 2 is 2.18 bits per heavy atom. The highest BCUT2D eigenvalue weighted by Crippen LogP contribution is 2.34. The van der Waals surface area contributed by atoms with Crippen LogP contribution in [0.15, 0.2) is 18.2 Å². The van der Waals surface area contributed by atoms with Crippen LogP contribution in [0, 0.1) is 11.2 Å². The van der Waals surface area contributed by atoms with Crippen LogP contribution in [0.4, 0.5) is 10.1 Å². The molecular formula is C14H21FN2. The molecule has 0 unspecified atom stereocenters. The minimum absolute atomic E-state index is 0.148. The molecule has 1 saturated heterocycles. The third-order valence-corrected chi connectivity index (χ3v) is 3.51.